The summed E-state index contributed by atoms with van der Waals surface area (Å²) in [4.78, 5) is 19.3. The number of aliphatic hydroxyl groups excluding tert-OH is 2. The average Bonchev–Trinajstić information content (AvgIpc) is 2.84. The van der Waals surface area contributed by atoms with Gasteiger partial charge in [0.2, 0.25) is 0 Å². The quantitative estimate of drug-likeness (QED) is 0.573. The number of aromatic nitrogens is 4. The van der Waals surface area contributed by atoms with Gasteiger partial charge in [-0.25, -0.2) is 4.98 Å². The van der Waals surface area contributed by atoms with Crippen LogP contribution in [0.15, 0.2) is 17.4 Å². The third-order valence-corrected chi connectivity index (χ3v) is 3.54. The molecule has 94 valence electrons. The Kier molecular flexibility index (Phi) is 1.79. The van der Waals surface area contributed by atoms with E-state index in [1.165, 1.54) is 12.7 Å². The summed E-state index contributed by atoms with van der Waals surface area (Å²) >= 11 is 0. The number of ether oxygens (including phenoxy) is 1. The molecule has 2 bridgehead atoms. The van der Waals surface area contributed by atoms with Gasteiger partial charge in [0.25, 0.3) is 0 Å². The first kappa shape index (κ1) is 10.2. The van der Waals surface area contributed by atoms with Gasteiger partial charge in [-0.2, -0.15) is 4.98 Å². The van der Waals surface area contributed by atoms with E-state index in [0.29, 0.717) is 12.2 Å². The smallest absolute Gasteiger partial charge is 0.300 e. The lowest BCUT2D eigenvalue weighted by Gasteiger charge is -2.19. The summed E-state index contributed by atoms with van der Waals surface area (Å²) in [7, 11) is 0. The number of nitrogens with zero attached hydrogens (tertiary/aromatic N) is 4. The largest absolute Gasteiger partial charge is 0.387 e. The third-order valence-electron chi connectivity index (χ3n) is 3.54. The van der Waals surface area contributed by atoms with Crippen molar-refractivity contribution in [3.05, 3.63) is 23.0 Å². The van der Waals surface area contributed by atoms with Gasteiger partial charge in [-0.1, -0.05) is 0 Å². The number of hydrogen-bond donors (Lipinski definition) is 2. The second-order valence-corrected chi connectivity index (χ2v) is 4.57. The van der Waals surface area contributed by atoms with Crippen molar-refractivity contribution in [3.8, 4) is 0 Å². The maximum atomic E-state index is 11.6. The van der Waals surface area contributed by atoms with Crippen LogP contribution in [0.5, 0.6) is 0 Å². The fraction of sp³-hybridized carbons (Fsp3) is 0.500. The summed E-state index contributed by atoms with van der Waals surface area (Å²) < 4.78 is 8.87. The van der Waals surface area contributed by atoms with Crippen LogP contribution in [-0.2, 0) is 11.3 Å². The molecule has 0 aromatic carbocycles. The SMILES string of the molecule is O=c1ncn2c3c1ncn3[C@@H]1O[C@H](C2)[C@@H](O)[C@H]1O. The molecule has 4 heterocycles. The molecule has 4 rings (SSSR count). The topological polar surface area (TPSA) is 102 Å². The lowest BCUT2D eigenvalue weighted by molar-refractivity contribution is -0.0330. The van der Waals surface area contributed by atoms with Crippen LogP contribution < -0.4 is 5.56 Å². The molecular weight excluding hydrogens is 240 g/mol. The number of aliphatic hydroxyl groups is 2. The highest BCUT2D eigenvalue weighted by atomic mass is 16.6. The highest BCUT2D eigenvalue weighted by molar-refractivity contribution is 5.70. The van der Waals surface area contributed by atoms with Crippen molar-refractivity contribution >= 4 is 11.2 Å². The Labute approximate surface area is 100 Å². The minimum absolute atomic E-state index is 0.246. The predicted molar refractivity (Wildman–Crippen MR) is 57.7 cm³/mol. The van der Waals surface area contributed by atoms with E-state index in [1.807, 2.05) is 0 Å². The molecule has 0 spiro atoms. The minimum atomic E-state index is -1.02. The maximum Gasteiger partial charge on any atom is 0.300 e. The van der Waals surface area contributed by atoms with Crippen molar-refractivity contribution in [3.63, 3.8) is 0 Å². The zero-order valence-electron chi connectivity index (χ0n) is 9.17. The zero-order valence-corrected chi connectivity index (χ0v) is 9.17. The molecule has 0 radical (unpaired) electrons. The van der Waals surface area contributed by atoms with Crippen LogP contribution in [0.1, 0.15) is 6.23 Å². The van der Waals surface area contributed by atoms with Crippen LogP contribution in [0.25, 0.3) is 11.2 Å². The van der Waals surface area contributed by atoms with Gasteiger partial charge in [-0.05, 0) is 0 Å². The van der Waals surface area contributed by atoms with Crippen molar-refractivity contribution in [2.75, 3.05) is 0 Å². The lowest BCUT2D eigenvalue weighted by Crippen LogP contribution is -2.36. The number of fused-ring (bicyclic) bond motifs is 3. The van der Waals surface area contributed by atoms with E-state index >= 15 is 0 Å². The second kappa shape index (κ2) is 3.16. The predicted octanol–water partition coefficient (Wildman–Crippen LogP) is -1.77. The van der Waals surface area contributed by atoms with E-state index in [9.17, 15) is 15.0 Å². The second-order valence-electron chi connectivity index (χ2n) is 4.57. The van der Waals surface area contributed by atoms with Crippen LogP contribution >= 0.6 is 0 Å². The molecule has 4 atom stereocenters. The lowest BCUT2D eigenvalue weighted by atomic mass is 10.1. The van der Waals surface area contributed by atoms with Crippen molar-refractivity contribution in [1.82, 2.24) is 19.1 Å². The van der Waals surface area contributed by atoms with E-state index in [1.54, 1.807) is 9.13 Å². The summed E-state index contributed by atoms with van der Waals surface area (Å²) in [6.07, 6.45) is -0.378. The maximum absolute atomic E-state index is 11.6. The fourth-order valence-corrected chi connectivity index (χ4v) is 2.65. The molecular formula is C10H10N4O4. The Hall–Kier alpha value is -1.77. The van der Waals surface area contributed by atoms with E-state index in [4.69, 9.17) is 4.74 Å². The van der Waals surface area contributed by atoms with Gasteiger partial charge in [0, 0.05) is 0 Å². The van der Waals surface area contributed by atoms with Crippen LogP contribution in [0, 0.1) is 0 Å². The van der Waals surface area contributed by atoms with Gasteiger partial charge in [0.1, 0.15) is 30.3 Å². The first-order valence-corrected chi connectivity index (χ1v) is 5.60. The summed E-state index contributed by atoms with van der Waals surface area (Å²) in [5, 5.41) is 19.8. The van der Waals surface area contributed by atoms with Gasteiger partial charge in [0.15, 0.2) is 11.7 Å². The summed E-state index contributed by atoms with van der Waals surface area (Å²) in [5.74, 6) is 0. The molecule has 8 heteroatoms. The van der Waals surface area contributed by atoms with Gasteiger partial charge < -0.3 is 19.5 Å². The van der Waals surface area contributed by atoms with E-state index in [2.05, 4.69) is 9.97 Å². The first-order valence-electron chi connectivity index (χ1n) is 5.60. The first-order chi connectivity index (χ1) is 8.66. The van der Waals surface area contributed by atoms with Gasteiger partial charge in [-0.3, -0.25) is 9.36 Å². The van der Waals surface area contributed by atoms with Crippen molar-refractivity contribution < 1.29 is 14.9 Å². The minimum Gasteiger partial charge on any atom is -0.387 e. The summed E-state index contributed by atoms with van der Waals surface area (Å²) in [6.45, 7) is 0.324. The van der Waals surface area contributed by atoms with Crippen LogP contribution in [0.3, 0.4) is 0 Å². The third kappa shape index (κ3) is 1.07. The Morgan fingerprint density at radius 2 is 2.11 bits per heavy atom. The number of rotatable bonds is 0. The van der Waals surface area contributed by atoms with E-state index in [0.717, 1.165) is 0 Å². The van der Waals surface area contributed by atoms with Gasteiger partial charge in [-0.15, -0.1) is 0 Å². The molecule has 2 aliphatic rings. The van der Waals surface area contributed by atoms with Crippen LogP contribution in [0.4, 0.5) is 0 Å². The number of hydrogen-bond acceptors (Lipinski definition) is 6. The molecule has 0 aliphatic carbocycles. The van der Waals surface area contributed by atoms with Crippen LogP contribution in [0.2, 0.25) is 0 Å². The molecule has 18 heavy (non-hydrogen) atoms. The average molecular weight is 250 g/mol. The Morgan fingerprint density at radius 3 is 2.94 bits per heavy atom. The van der Waals surface area contributed by atoms with Crippen LogP contribution in [-0.4, -0.2) is 47.6 Å². The molecule has 0 saturated carbocycles. The number of imidazole rings is 1. The summed E-state index contributed by atoms with van der Waals surface area (Å²) in [5.41, 5.74) is 0.400. The highest BCUT2D eigenvalue weighted by Crippen LogP contribution is 2.34. The zero-order chi connectivity index (χ0) is 12.4. The summed E-state index contributed by atoms with van der Waals surface area (Å²) in [6, 6.07) is 0. The monoisotopic (exact) mass is 250 g/mol. The normalized spacial score (nSPS) is 33.9. The van der Waals surface area contributed by atoms with Gasteiger partial charge in [0.05, 0.1) is 12.9 Å². The molecule has 2 aromatic rings. The molecule has 2 aliphatic heterocycles. The van der Waals surface area contributed by atoms with E-state index in [-0.39, 0.29) is 5.52 Å². The molecule has 0 amide bonds. The van der Waals surface area contributed by atoms with E-state index < -0.39 is 30.1 Å². The molecule has 1 fully saturated rings. The van der Waals surface area contributed by atoms with Crippen molar-refractivity contribution in [1.29, 1.82) is 0 Å². The fourth-order valence-electron chi connectivity index (χ4n) is 2.65. The Balaban J connectivity index is 2.06. The van der Waals surface area contributed by atoms with Gasteiger partial charge >= 0.3 is 5.56 Å². The Bertz CT molecular complexity index is 693. The standard InChI is InChI=1S/C10H10N4O4/c15-6-4-1-13-2-12-8(17)5-9(13)14(3-11-5)10(18-4)7(6)16/h2-4,6-7,10,15-16H,1H2/t4-,6-,7-,10-/m1/s1. The molecule has 1 saturated heterocycles. The molecule has 2 aromatic heterocycles. The van der Waals surface area contributed by atoms with Crippen molar-refractivity contribution in [2.45, 2.75) is 31.1 Å². The Morgan fingerprint density at radius 1 is 1.28 bits per heavy atom. The highest BCUT2D eigenvalue weighted by Gasteiger charge is 2.46. The molecule has 0 unspecified atom stereocenters. The molecule has 8 nitrogen and oxygen atoms in total. The molecule has 2 N–H and O–H groups in total. The van der Waals surface area contributed by atoms with Crippen molar-refractivity contribution in [2.24, 2.45) is 0 Å².